The zero-order valence-corrected chi connectivity index (χ0v) is 22.1. The molecule has 0 aliphatic carbocycles. The molecule has 1 aliphatic heterocycles. The van der Waals surface area contributed by atoms with Gasteiger partial charge in [-0.2, -0.15) is 17.5 Å². The number of halogens is 3. The maximum absolute atomic E-state index is 13.5. The third kappa shape index (κ3) is 6.74. The highest BCUT2D eigenvalue weighted by Gasteiger charge is 2.39. The van der Waals surface area contributed by atoms with E-state index in [0.717, 1.165) is 33.1 Å². The van der Waals surface area contributed by atoms with Gasteiger partial charge in [0.05, 0.1) is 30.3 Å². The molecule has 0 amide bonds. The fourth-order valence-electron chi connectivity index (χ4n) is 4.43. The molecule has 4 rings (SSSR count). The zero-order chi connectivity index (χ0) is 27.3. The number of aryl methyl sites for hydroxylation is 1. The minimum absolute atomic E-state index is 0.0807. The number of sulfonamides is 1. The van der Waals surface area contributed by atoms with Crippen LogP contribution in [0.5, 0.6) is 5.75 Å². The largest absolute Gasteiger partial charge is 0.497 e. The molecule has 1 heterocycles. The highest BCUT2D eigenvalue weighted by molar-refractivity contribution is 7.89. The minimum Gasteiger partial charge on any atom is -0.497 e. The number of hydrogen-bond acceptors (Lipinski definition) is 5. The van der Waals surface area contributed by atoms with Crippen molar-refractivity contribution in [2.24, 2.45) is 0 Å². The first kappa shape index (κ1) is 28.1. The third-order valence-electron chi connectivity index (χ3n) is 6.60. The van der Waals surface area contributed by atoms with E-state index in [-0.39, 0.29) is 19.2 Å². The zero-order valence-electron chi connectivity index (χ0n) is 21.3. The predicted octanol–water partition coefficient (Wildman–Crippen LogP) is 5.29. The van der Waals surface area contributed by atoms with Gasteiger partial charge >= 0.3 is 6.18 Å². The Bertz CT molecular complexity index is 1320. The number of alkyl halides is 3. The normalized spacial score (nSPS) is 16.3. The summed E-state index contributed by atoms with van der Waals surface area (Å²) in [5.41, 5.74) is 1.96. The van der Waals surface area contributed by atoms with Crippen LogP contribution in [0.3, 0.4) is 0 Å². The molecule has 0 saturated carbocycles. The van der Waals surface area contributed by atoms with Gasteiger partial charge in [0.2, 0.25) is 10.0 Å². The van der Waals surface area contributed by atoms with Gasteiger partial charge in [0, 0.05) is 32.7 Å². The van der Waals surface area contributed by atoms with E-state index < -0.39 is 26.7 Å². The Balaban J connectivity index is 1.46. The molecule has 1 unspecified atom stereocenters. The third-order valence-corrected chi connectivity index (χ3v) is 8.56. The summed E-state index contributed by atoms with van der Waals surface area (Å²) in [6.07, 6.45) is -5.08. The molecule has 0 N–H and O–H groups in total. The summed E-state index contributed by atoms with van der Waals surface area (Å²) in [5, 5.41) is 0. The SMILES string of the molecule is COc1cccc(C(CN2CCN(S(=O)(=O)c3ccccc3C(F)(F)F)CC2)OCc2ccc(C)cc2)c1. The van der Waals surface area contributed by atoms with Crippen LogP contribution >= 0.6 is 0 Å². The molecule has 1 saturated heterocycles. The average Bonchev–Trinajstić information content (AvgIpc) is 2.91. The average molecular weight is 549 g/mol. The molecule has 0 spiro atoms. The number of rotatable bonds is 9. The van der Waals surface area contributed by atoms with Crippen molar-refractivity contribution in [1.82, 2.24) is 9.21 Å². The minimum atomic E-state index is -4.76. The summed E-state index contributed by atoms with van der Waals surface area (Å²) >= 11 is 0. The van der Waals surface area contributed by atoms with E-state index in [1.54, 1.807) is 7.11 Å². The van der Waals surface area contributed by atoms with E-state index in [4.69, 9.17) is 9.47 Å². The highest BCUT2D eigenvalue weighted by atomic mass is 32.2. The fraction of sp³-hybridized carbons (Fsp3) is 0.357. The molecule has 1 aliphatic rings. The van der Waals surface area contributed by atoms with E-state index >= 15 is 0 Å². The van der Waals surface area contributed by atoms with Gasteiger partial charge in [-0.3, -0.25) is 4.90 Å². The number of hydrogen-bond donors (Lipinski definition) is 0. The van der Waals surface area contributed by atoms with Crippen molar-refractivity contribution in [3.63, 3.8) is 0 Å². The quantitative estimate of drug-likeness (QED) is 0.364. The van der Waals surface area contributed by atoms with E-state index in [1.165, 1.54) is 12.1 Å². The second-order valence-corrected chi connectivity index (χ2v) is 11.2. The van der Waals surface area contributed by atoms with Crippen molar-refractivity contribution in [3.05, 3.63) is 95.1 Å². The Hall–Kier alpha value is -2.92. The maximum Gasteiger partial charge on any atom is 0.417 e. The Labute approximate surface area is 221 Å². The smallest absolute Gasteiger partial charge is 0.417 e. The molecule has 38 heavy (non-hydrogen) atoms. The predicted molar refractivity (Wildman–Crippen MR) is 138 cm³/mol. The molecule has 3 aromatic carbocycles. The van der Waals surface area contributed by atoms with Gasteiger partial charge in [-0.1, -0.05) is 54.1 Å². The van der Waals surface area contributed by atoms with Crippen molar-refractivity contribution >= 4 is 10.0 Å². The molecule has 1 atom stereocenters. The van der Waals surface area contributed by atoms with Gasteiger partial charge in [-0.25, -0.2) is 8.42 Å². The summed E-state index contributed by atoms with van der Waals surface area (Å²) in [6, 6.07) is 20.0. The Morgan fingerprint density at radius 2 is 1.61 bits per heavy atom. The summed E-state index contributed by atoms with van der Waals surface area (Å²) in [6.45, 7) is 3.79. The number of methoxy groups -OCH3 is 1. The number of nitrogens with zero attached hydrogens (tertiary/aromatic N) is 2. The molecular weight excluding hydrogens is 517 g/mol. The number of benzene rings is 3. The molecule has 1 fully saturated rings. The summed E-state index contributed by atoms with van der Waals surface area (Å²) < 4.78 is 79.5. The van der Waals surface area contributed by atoms with Gasteiger partial charge in [0.15, 0.2) is 0 Å². The molecule has 0 bridgehead atoms. The van der Waals surface area contributed by atoms with Crippen LogP contribution in [-0.2, 0) is 27.5 Å². The van der Waals surface area contributed by atoms with Crippen LogP contribution in [0.25, 0.3) is 0 Å². The summed E-state index contributed by atoms with van der Waals surface area (Å²) in [7, 11) is -2.70. The van der Waals surface area contributed by atoms with Crippen LogP contribution in [0, 0.1) is 6.92 Å². The van der Waals surface area contributed by atoms with Crippen LogP contribution < -0.4 is 4.74 Å². The molecule has 3 aromatic rings. The fourth-order valence-corrected chi connectivity index (χ4v) is 6.06. The summed E-state index contributed by atoms with van der Waals surface area (Å²) in [5.74, 6) is 0.700. The van der Waals surface area contributed by atoms with Crippen LogP contribution in [0.1, 0.15) is 28.4 Å². The van der Waals surface area contributed by atoms with Crippen molar-refractivity contribution in [2.75, 3.05) is 39.8 Å². The van der Waals surface area contributed by atoms with Crippen molar-refractivity contribution < 1.29 is 31.1 Å². The first-order valence-corrected chi connectivity index (χ1v) is 13.7. The van der Waals surface area contributed by atoms with Crippen molar-refractivity contribution in [3.8, 4) is 5.75 Å². The Kier molecular flexibility index (Phi) is 8.77. The lowest BCUT2D eigenvalue weighted by Crippen LogP contribution is -2.49. The first-order valence-electron chi connectivity index (χ1n) is 12.3. The standard InChI is InChI=1S/C28H31F3N2O4S/c1-21-10-12-22(13-11-21)20-37-26(23-6-5-7-24(18-23)36-2)19-32-14-16-33(17-15-32)38(34,35)27-9-4-3-8-25(27)28(29,30)31/h3-13,18,26H,14-17,19-20H2,1-2H3. The Morgan fingerprint density at radius 1 is 0.921 bits per heavy atom. The highest BCUT2D eigenvalue weighted by Crippen LogP contribution is 2.35. The van der Waals surface area contributed by atoms with Crippen LogP contribution in [-0.4, -0.2) is 57.5 Å². The summed E-state index contributed by atoms with van der Waals surface area (Å²) in [4.78, 5) is 1.36. The van der Waals surface area contributed by atoms with Gasteiger partial charge in [-0.05, 0) is 42.3 Å². The van der Waals surface area contributed by atoms with E-state index in [9.17, 15) is 21.6 Å². The van der Waals surface area contributed by atoms with Gasteiger partial charge in [0.1, 0.15) is 5.75 Å². The molecule has 0 radical (unpaired) electrons. The molecule has 204 valence electrons. The number of piperazine rings is 1. The maximum atomic E-state index is 13.5. The van der Waals surface area contributed by atoms with Crippen LogP contribution in [0.2, 0.25) is 0 Å². The first-order chi connectivity index (χ1) is 18.1. The monoisotopic (exact) mass is 548 g/mol. The van der Waals surface area contributed by atoms with E-state index in [0.29, 0.717) is 32.0 Å². The lowest BCUT2D eigenvalue weighted by molar-refractivity contribution is -0.139. The van der Waals surface area contributed by atoms with Crippen LogP contribution in [0.4, 0.5) is 13.2 Å². The van der Waals surface area contributed by atoms with E-state index in [2.05, 4.69) is 4.90 Å². The van der Waals surface area contributed by atoms with E-state index in [1.807, 2.05) is 55.5 Å². The van der Waals surface area contributed by atoms with Crippen molar-refractivity contribution in [1.29, 1.82) is 0 Å². The molecule has 0 aromatic heterocycles. The lowest BCUT2D eigenvalue weighted by atomic mass is 10.1. The Morgan fingerprint density at radius 3 is 2.26 bits per heavy atom. The van der Waals surface area contributed by atoms with Crippen molar-refractivity contribution in [2.45, 2.75) is 30.7 Å². The molecule has 10 heteroatoms. The lowest BCUT2D eigenvalue weighted by Gasteiger charge is -2.36. The van der Waals surface area contributed by atoms with Gasteiger partial charge in [0.25, 0.3) is 0 Å². The van der Waals surface area contributed by atoms with Gasteiger partial charge in [-0.15, -0.1) is 0 Å². The second-order valence-electron chi connectivity index (χ2n) is 9.26. The topological polar surface area (TPSA) is 59.1 Å². The van der Waals surface area contributed by atoms with Crippen LogP contribution in [0.15, 0.2) is 77.7 Å². The molecule has 6 nitrogen and oxygen atoms in total. The molecular formula is C28H31F3N2O4S. The second kappa shape index (κ2) is 11.9. The van der Waals surface area contributed by atoms with Gasteiger partial charge < -0.3 is 9.47 Å². The number of ether oxygens (including phenoxy) is 2.